The molecule has 0 amide bonds. The van der Waals surface area contributed by atoms with Crippen LogP contribution in [0.15, 0.2) is 30.3 Å². The summed E-state index contributed by atoms with van der Waals surface area (Å²) in [7, 11) is 2.01. The average molecular weight is 308 g/mol. The summed E-state index contributed by atoms with van der Waals surface area (Å²) in [5, 5.41) is 10.3. The molecule has 0 aliphatic carbocycles. The van der Waals surface area contributed by atoms with E-state index >= 15 is 0 Å². The number of thiophene rings is 1. The van der Waals surface area contributed by atoms with E-state index < -0.39 is 0 Å². The van der Waals surface area contributed by atoms with Gasteiger partial charge in [-0.2, -0.15) is 5.26 Å². The number of benzene rings is 1. The van der Waals surface area contributed by atoms with Crippen LogP contribution >= 0.6 is 11.3 Å². The van der Waals surface area contributed by atoms with Crippen LogP contribution in [0, 0.1) is 18.3 Å². The fraction of sp³-hybridized carbons (Fsp3) is 0.235. The lowest BCUT2D eigenvalue weighted by Gasteiger charge is -2.18. The van der Waals surface area contributed by atoms with E-state index in [0.717, 1.165) is 33.7 Å². The number of hydrogen-bond donors (Lipinski definition) is 0. The molecule has 0 saturated heterocycles. The number of nitrogens with zero attached hydrogens (tertiary/aromatic N) is 4. The van der Waals surface area contributed by atoms with Gasteiger partial charge in [-0.3, -0.25) is 0 Å². The van der Waals surface area contributed by atoms with Crippen LogP contribution in [0.25, 0.3) is 21.6 Å². The predicted octanol–water partition coefficient (Wildman–Crippen LogP) is 3.99. The van der Waals surface area contributed by atoms with Gasteiger partial charge in [0.25, 0.3) is 0 Å². The maximum Gasteiger partial charge on any atom is 0.163 e. The minimum absolute atomic E-state index is 0.703. The second-order valence-electron chi connectivity index (χ2n) is 5.10. The van der Waals surface area contributed by atoms with Crippen LogP contribution < -0.4 is 4.90 Å². The van der Waals surface area contributed by atoms with Crippen molar-refractivity contribution in [1.29, 1.82) is 5.26 Å². The standard InChI is InChI=1S/C17H16N4S/c1-4-21(3)16-14-11(2)13(10-18)22-17(14)20-15(19-16)12-8-6-5-7-9-12/h5-9H,4H2,1-3H3. The van der Waals surface area contributed by atoms with E-state index in [2.05, 4.69) is 22.9 Å². The van der Waals surface area contributed by atoms with E-state index in [1.54, 1.807) is 0 Å². The van der Waals surface area contributed by atoms with Crippen molar-refractivity contribution in [2.45, 2.75) is 13.8 Å². The lowest BCUT2D eigenvalue weighted by Crippen LogP contribution is -2.18. The van der Waals surface area contributed by atoms with Gasteiger partial charge in [0.1, 0.15) is 21.6 Å². The first-order chi connectivity index (χ1) is 10.7. The Morgan fingerprint density at radius 2 is 1.95 bits per heavy atom. The molecule has 0 unspecified atom stereocenters. The molecule has 0 N–H and O–H groups in total. The first-order valence-corrected chi connectivity index (χ1v) is 7.95. The Hall–Kier alpha value is -2.45. The molecule has 3 rings (SSSR count). The van der Waals surface area contributed by atoms with E-state index in [0.29, 0.717) is 10.7 Å². The van der Waals surface area contributed by atoms with Gasteiger partial charge < -0.3 is 4.90 Å². The summed E-state index contributed by atoms with van der Waals surface area (Å²) >= 11 is 1.44. The zero-order valence-electron chi connectivity index (χ0n) is 12.8. The van der Waals surface area contributed by atoms with Crippen LogP contribution in [0.3, 0.4) is 0 Å². The van der Waals surface area contributed by atoms with Gasteiger partial charge in [-0.15, -0.1) is 11.3 Å². The summed E-state index contributed by atoms with van der Waals surface area (Å²) in [5.74, 6) is 1.59. The molecule has 0 spiro atoms. The van der Waals surface area contributed by atoms with Crippen LogP contribution in [0.4, 0.5) is 5.82 Å². The summed E-state index contributed by atoms with van der Waals surface area (Å²) in [6.07, 6.45) is 0. The van der Waals surface area contributed by atoms with Crippen LogP contribution in [0.1, 0.15) is 17.4 Å². The van der Waals surface area contributed by atoms with Gasteiger partial charge >= 0.3 is 0 Å². The molecule has 5 heteroatoms. The van der Waals surface area contributed by atoms with Crippen molar-refractivity contribution in [3.8, 4) is 17.5 Å². The van der Waals surface area contributed by atoms with Gasteiger partial charge in [-0.25, -0.2) is 9.97 Å². The molecule has 0 fully saturated rings. The first kappa shape index (κ1) is 14.5. The van der Waals surface area contributed by atoms with E-state index in [4.69, 9.17) is 4.98 Å². The third-order valence-corrected chi connectivity index (χ3v) is 4.83. The maximum absolute atomic E-state index is 9.29. The van der Waals surface area contributed by atoms with E-state index in [-0.39, 0.29) is 0 Å². The third-order valence-electron chi connectivity index (χ3n) is 3.74. The van der Waals surface area contributed by atoms with E-state index in [1.807, 2.05) is 44.3 Å². The van der Waals surface area contributed by atoms with Gasteiger partial charge in [0, 0.05) is 19.2 Å². The minimum atomic E-state index is 0.703. The molecule has 0 bridgehead atoms. The van der Waals surface area contributed by atoms with Crippen LogP contribution in [0.2, 0.25) is 0 Å². The molecule has 3 aromatic rings. The Kier molecular flexibility index (Phi) is 3.78. The van der Waals surface area contributed by atoms with E-state index in [1.165, 1.54) is 11.3 Å². The smallest absolute Gasteiger partial charge is 0.163 e. The molecular formula is C17H16N4S. The van der Waals surface area contributed by atoms with Gasteiger partial charge in [0.15, 0.2) is 5.82 Å². The van der Waals surface area contributed by atoms with Crippen molar-refractivity contribution < 1.29 is 0 Å². The molecule has 1 aromatic carbocycles. The maximum atomic E-state index is 9.29. The summed E-state index contributed by atoms with van der Waals surface area (Å²) in [4.78, 5) is 13.1. The van der Waals surface area contributed by atoms with Gasteiger partial charge in [-0.05, 0) is 19.4 Å². The topological polar surface area (TPSA) is 52.8 Å². The van der Waals surface area contributed by atoms with Crippen molar-refractivity contribution >= 4 is 27.4 Å². The van der Waals surface area contributed by atoms with Crippen molar-refractivity contribution in [2.75, 3.05) is 18.5 Å². The average Bonchev–Trinajstić information content (AvgIpc) is 2.90. The monoisotopic (exact) mass is 308 g/mol. The molecule has 4 nitrogen and oxygen atoms in total. The first-order valence-electron chi connectivity index (χ1n) is 7.13. The van der Waals surface area contributed by atoms with Crippen molar-refractivity contribution in [3.63, 3.8) is 0 Å². The quantitative estimate of drug-likeness (QED) is 0.734. The number of rotatable bonds is 3. The minimum Gasteiger partial charge on any atom is -0.359 e. The highest BCUT2D eigenvalue weighted by Gasteiger charge is 2.18. The highest BCUT2D eigenvalue weighted by Crippen LogP contribution is 2.36. The molecule has 0 aliphatic heterocycles. The molecule has 0 saturated carbocycles. The Morgan fingerprint density at radius 3 is 2.59 bits per heavy atom. The highest BCUT2D eigenvalue weighted by atomic mass is 32.1. The summed E-state index contributed by atoms with van der Waals surface area (Å²) in [6, 6.07) is 12.2. The Balaban J connectivity index is 2.32. The molecule has 22 heavy (non-hydrogen) atoms. The number of aromatic nitrogens is 2. The predicted molar refractivity (Wildman–Crippen MR) is 91.2 cm³/mol. The fourth-order valence-corrected chi connectivity index (χ4v) is 3.34. The zero-order valence-corrected chi connectivity index (χ0v) is 13.6. The lowest BCUT2D eigenvalue weighted by molar-refractivity contribution is 0.942. The van der Waals surface area contributed by atoms with Crippen LogP contribution in [-0.4, -0.2) is 23.6 Å². The second kappa shape index (κ2) is 5.74. The van der Waals surface area contributed by atoms with Crippen molar-refractivity contribution in [2.24, 2.45) is 0 Å². The normalized spacial score (nSPS) is 10.6. The van der Waals surface area contributed by atoms with Crippen LogP contribution in [-0.2, 0) is 0 Å². The lowest BCUT2D eigenvalue weighted by atomic mass is 10.1. The molecule has 0 atom stereocenters. The highest BCUT2D eigenvalue weighted by molar-refractivity contribution is 7.19. The molecule has 0 radical (unpaired) electrons. The third kappa shape index (κ3) is 2.32. The molecule has 0 aliphatic rings. The number of anilines is 1. The summed E-state index contributed by atoms with van der Waals surface area (Å²) in [5.41, 5.74) is 1.96. The molecule has 110 valence electrons. The number of hydrogen-bond acceptors (Lipinski definition) is 5. The second-order valence-corrected chi connectivity index (χ2v) is 6.10. The Morgan fingerprint density at radius 1 is 1.23 bits per heavy atom. The Labute approximate surface area is 133 Å². The van der Waals surface area contributed by atoms with Gasteiger partial charge in [0.2, 0.25) is 0 Å². The molecule has 2 heterocycles. The molecule has 2 aromatic heterocycles. The fourth-order valence-electron chi connectivity index (χ4n) is 2.37. The van der Waals surface area contributed by atoms with Crippen LogP contribution in [0.5, 0.6) is 0 Å². The largest absolute Gasteiger partial charge is 0.359 e. The Bertz CT molecular complexity index is 862. The SMILES string of the molecule is CCN(C)c1nc(-c2ccccc2)nc2sc(C#N)c(C)c12. The number of nitriles is 1. The zero-order chi connectivity index (χ0) is 15.7. The summed E-state index contributed by atoms with van der Waals surface area (Å²) in [6.45, 7) is 4.90. The number of aryl methyl sites for hydroxylation is 1. The van der Waals surface area contributed by atoms with Crippen molar-refractivity contribution in [3.05, 3.63) is 40.8 Å². The van der Waals surface area contributed by atoms with Gasteiger partial charge in [0.05, 0.1) is 5.39 Å². The number of fused-ring (bicyclic) bond motifs is 1. The van der Waals surface area contributed by atoms with Crippen molar-refractivity contribution in [1.82, 2.24) is 9.97 Å². The molecular weight excluding hydrogens is 292 g/mol. The van der Waals surface area contributed by atoms with Gasteiger partial charge in [-0.1, -0.05) is 30.3 Å². The summed E-state index contributed by atoms with van der Waals surface area (Å²) < 4.78 is 0. The van der Waals surface area contributed by atoms with E-state index in [9.17, 15) is 5.26 Å².